The fraction of sp³-hybridized carbons (Fsp3) is 0.385. The van der Waals surface area contributed by atoms with Gasteiger partial charge >= 0.3 is 18.2 Å². The molecule has 1 fully saturated rings. The van der Waals surface area contributed by atoms with Crippen LogP contribution in [0.3, 0.4) is 0 Å². The summed E-state index contributed by atoms with van der Waals surface area (Å²) in [5, 5.41) is 11.0. The van der Waals surface area contributed by atoms with Crippen LogP contribution >= 0.6 is 0 Å². The second-order valence-corrected chi connectivity index (χ2v) is 4.91. The number of nitrogens with zero attached hydrogens (tertiary/aromatic N) is 1. The number of likely N-dealkylation sites (tertiary alicyclic amines) is 1. The van der Waals surface area contributed by atoms with E-state index in [0.717, 1.165) is 11.0 Å². The van der Waals surface area contributed by atoms with Gasteiger partial charge in [-0.25, -0.2) is 9.18 Å². The fourth-order valence-electron chi connectivity index (χ4n) is 2.31. The molecule has 1 aromatic rings. The van der Waals surface area contributed by atoms with Crippen LogP contribution in [-0.4, -0.2) is 41.3 Å². The number of benzene rings is 1. The van der Waals surface area contributed by atoms with E-state index in [4.69, 9.17) is 5.11 Å². The van der Waals surface area contributed by atoms with Gasteiger partial charge in [-0.3, -0.25) is 4.79 Å². The van der Waals surface area contributed by atoms with Crippen molar-refractivity contribution < 1.29 is 32.3 Å². The quantitative estimate of drug-likeness (QED) is 0.823. The van der Waals surface area contributed by atoms with Gasteiger partial charge in [-0.05, 0) is 12.1 Å². The summed E-state index contributed by atoms with van der Waals surface area (Å²) in [6.45, 7) is -1.36. The smallest absolute Gasteiger partial charge is 0.394 e. The Bertz CT molecular complexity index is 591. The van der Waals surface area contributed by atoms with Gasteiger partial charge in [0, 0.05) is 13.1 Å². The molecule has 2 amide bonds. The standard InChI is InChI=1S/C13H12F4N2O3/c14-9-3-1-2-4-10(9)18-12(22)19-5-7(11(20)21)8(6-19)13(15,16)17/h1-4,7-8H,5-6H2,(H,18,22)(H,20,21)/t7-,8-/m1/s1. The summed E-state index contributed by atoms with van der Waals surface area (Å²) in [7, 11) is 0. The van der Waals surface area contributed by atoms with Crippen LogP contribution in [0.15, 0.2) is 24.3 Å². The second kappa shape index (κ2) is 5.82. The Hall–Kier alpha value is -2.32. The van der Waals surface area contributed by atoms with Crippen molar-refractivity contribution in [2.45, 2.75) is 6.18 Å². The van der Waals surface area contributed by atoms with Crippen LogP contribution in [0.4, 0.5) is 28.0 Å². The van der Waals surface area contributed by atoms with Crippen LogP contribution in [0, 0.1) is 17.7 Å². The van der Waals surface area contributed by atoms with Crippen LogP contribution in [0.2, 0.25) is 0 Å². The Kier molecular flexibility index (Phi) is 4.25. The minimum atomic E-state index is -4.73. The zero-order valence-corrected chi connectivity index (χ0v) is 11.1. The van der Waals surface area contributed by atoms with E-state index in [9.17, 15) is 27.2 Å². The number of anilines is 1. The molecular formula is C13H12F4N2O3. The van der Waals surface area contributed by atoms with E-state index in [0.29, 0.717) is 0 Å². The van der Waals surface area contributed by atoms with Crippen molar-refractivity contribution in [3.8, 4) is 0 Å². The molecule has 0 aromatic heterocycles. The molecule has 1 aliphatic heterocycles. The maximum absolute atomic E-state index is 13.4. The number of nitrogens with one attached hydrogen (secondary N) is 1. The van der Waals surface area contributed by atoms with Crippen molar-refractivity contribution in [1.82, 2.24) is 4.90 Å². The molecule has 5 nitrogen and oxygen atoms in total. The molecule has 2 N–H and O–H groups in total. The molecule has 0 saturated carbocycles. The molecule has 1 saturated heterocycles. The summed E-state index contributed by atoms with van der Waals surface area (Å²) >= 11 is 0. The zero-order chi connectivity index (χ0) is 16.5. The SMILES string of the molecule is O=C(O)[C@@H]1CN(C(=O)Nc2ccccc2F)C[C@H]1C(F)(F)F. The monoisotopic (exact) mass is 320 g/mol. The molecule has 0 aliphatic carbocycles. The zero-order valence-electron chi connectivity index (χ0n) is 11.1. The number of carbonyl (C=O) groups excluding carboxylic acids is 1. The number of urea groups is 1. The lowest BCUT2D eigenvalue weighted by molar-refractivity contribution is -0.187. The molecule has 0 bridgehead atoms. The second-order valence-electron chi connectivity index (χ2n) is 4.91. The van der Waals surface area contributed by atoms with Crippen molar-refractivity contribution >= 4 is 17.7 Å². The van der Waals surface area contributed by atoms with Crippen molar-refractivity contribution in [2.24, 2.45) is 11.8 Å². The molecule has 1 heterocycles. The first-order chi connectivity index (χ1) is 10.2. The fourth-order valence-corrected chi connectivity index (χ4v) is 2.31. The number of alkyl halides is 3. The van der Waals surface area contributed by atoms with Gasteiger partial charge in [0.25, 0.3) is 0 Å². The van der Waals surface area contributed by atoms with Crippen LogP contribution in [0.5, 0.6) is 0 Å². The van der Waals surface area contributed by atoms with Crippen LogP contribution < -0.4 is 5.32 Å². The molecule has 1 aromatic carbocycles. The lowest BCUT2D eigenvalue weighted by Gasteiger charge is -2.18. The summed E-state index contributed by atoms with van der Waals surface area (Å²) in [5.41, 5.74) is -0.185. The van der Waals surface area contributed by atoms with Crippen LogP contribution in [0.1, 0.15) is 0 Å². The summed E-state index contributed by atoms with van der Waals surface area (Å²) in [4.78, 5) is 23.5. The molecule has 9 heteroatoms. The maximum atomic E-state index is 13.4. The normalized spacial score (nSPS) is 21.7. The van der Waals surface area contributed by atoms with Gasteiger partial charge in [0.2, 0.25) is 0 Å². The third-order valence-corrected chi connectivity index (χ3v) is 3.46. The van der Waals surface area contributed by atoms with Crippen molar-refractivity contribution in [2.75, 3.05) is 18.4 Å². The highest BCUT2D eigenvalue weighted by Gasteiger charge is 2.53. The van der Waals surface area contributed by atoms with E-state index in [-0.39, 0.29) is 5.69 Å². The van der Waals surface area contributed by atoms with Gasteiger partial charge in [-0.15, -0.1) is 0 Å². The summed E-state index contributed by atoms with van der Waals surface area (Å²) in [6, 6.07) is 4.20. The Labute approximate surface area is 122 Å². The van der Waals surface area contributed by atoms with Gasteiger partial charge in [-0.2, -0.15) is 13.2 Å². The number of rotatable bonds is 2. The van der Waals surface area contributed by atoms with Gasteiger partial charge in [0.1, 0.15) is 5.82 Å². The average Bonchev–Trinajstić information content (AvgIpc) is 2.86. The average molecular weight is 320 g/mol. The van der Waals surface area contributed by atoms with E-state index in [2.05, 4.69) is 5.32 Å². The minimum absolute atomic E-state index is 0.185. The molecule has 2 atom stereocenters. The molecule has 1 aliphatic rings. The molecule has 22 heavy (non-hydrogen) atoms. The number of carboxylic acids is 1. The Morgan fingerprint density at radius 1 is 1.23 bits per heavy atom. The number of carboxylic acid groups (broad SMARTS) is 1. The molecular weight excluding hydrogens is 308 g/mol. The number of para-hydroxylation sites is 1. The van der Waals surface area contributed by atoms with Gasteiger partial charge in [0.15, 0.2) is 0 Å². The largest absolute Gasteiger partial charge is 0.481 e. The third kappa shape index (κ3) is 3.29. The highest BCUT2D eigenvalue weighted by Crippen LogP contribution is 2.37. The number of amides is 2. The van der Waals surface area contributed by atoms with Gasteiger partial charge in [0.05, 0.1) is 17.5 Å². The predicted octanol–water partition coefficient (Wildman–Crippen LogP) is 2.55. The highest BCUT2D eigenvalue weighted by atomic mass is 19.4. The minimum Gasteiger partial charge on any atom is -0.481 e. The first-order valence-corrected chi connectivity index (χ1v) is 6.30. The summed E-state index contributed by atoms with van der Waals surface area (Å²) < 4.78 is 51.9. The highest BCUT2D eigenvalue weighted by molar-refractivity contribution is 5.90. The number of carbonyl (C=O) groups is 2. The predicted molar refractivity (Wildman–Crippen MR) is 67.7 cm³/mol. The van der Waals surface area contributed by atoms with E-state index < -0.39 is 48.9 Å². The number of halogens is 4. The van der Waals surface area contributed by atoms with E-state index in [1.807, 2.05) is 0 Å². The lowest BCUT2D eigenvalue weighted by Crippen LogP contribution is -2.35. The molecule has 0 radical (unpaired) electrons. The van der Waals surface area contributed by atoms with E-state index in [1.165, 1.54) is 18.2 Å². The molecule has 120 valence electrons. The lowest BCUT2D eigenvalue weighted by atomic mass is 9.96. The Morgan fingerprint density at radius 3 is 2.36 bits per heavy atom. The van der Waals surface area contributed by atoms with Gasteiger partial charge in [-0.1, -0.05) is 12.1 Å². The van der Waals surface area contributed by atoms with E-state index in [1.54, 1.807) is 0 Å². The van der Waals surface area contributed by atoms with Crippen LogP contribution in [0.25, 0.3) is 0 Å². The number of aliphatic carboxylic acids is 1. The van der Waals surface area contributed by atoms with Crippen LogP contribution in [-0.2, 0) is 4.79 Å². The first-order valence-electron chi connectivity index (χ1n) is 6.30. The van der Waals surface area contributed by atoms with Crippen molar-refractivity contribution in [3.63, 3.8) is 0 Å². The molecule has 0 unspecified atom stereocenters. The molecule has 0 spiro atoms. The summed E-state index contributed by atoms with van der Waals surface area (Å²) in [6.07, 6.45) is -4.73. The number of hydrogen-bond acceptors (Lipinski definition) is 2. The van der Waals surface area contributed by atoms with Crippen molar-refractivity contribution in [3.05, 3.63) is 30.1 Å². The Morgan fingerprint density at radius 2 is 1.86 bits per heavy atom. The molecule has 2 rings (SSSR count). The number of hydrogen-bond donors (Lipinski definition) is 2. The Balaban J connectivity index is 2.12. The summed E-state index contributed by atoms with van der Waals surface area (Å²) in [5.74, 6) is -6.23. The topological polar surface area (TPSA) is 69.6 Å². The first kappa shape index (κ1) is 16.1. The van der Waals surface area contributed by atoms with Gasteiger partial charge < -0.3 is 15.3 Å². The van der Waals surface area contributed by atoms with Crippen molar-refractivity contribution in [1.29, 1.82) is 0 Å². The van der Waals surface area contributed by atoms with E-state index >= 15 is 0 Å². The third-order valence-electron chi connectivity index (χ3n) is 3.46. The maximum Gasteiger partial charge on any atom is 0.394 e.